The Morgan fingerprint density at radius 3 is 2.41 bits per heavy atom. The van der Waals surface area contributed by atoms with Crippen molar-refractivity contribution in [3.05, 3.63) is 65.8 Å². The number of rotatable bonds is 3. The van der Waals surface area contributed by atoms with Gasteiger partial charge in [0.1, 0.15) is 17.2 Å². The van der Waals surface area contributed by atoms with Crippen LogP contribution < -0.4 is 0 Å². The van der Waals surface area contributed by atoms with E-state index in [1.165, 1.54) is 11.0 Å². The van der Waals surface area contributed by atoms with E-state index in [0.717, 1.165) is 17.7 Å². The topological polar surface area (TPSA) is 72.1 Å². The zero-order chi connectivity index (χ0) is 18.8. The van der Waals surface area contributed by atoms with Crippen molar-refractivity contribution in [2.45, 2.75) is 18.8 Å². The predicted octanol–water partition coefficient (Wildman–Crippen LogP) is 3.43. The smallest absolute Gasteiger partial charge is 0.259 e. The number of hydrogen-bond donors (Lipinski definition) is 0. The molecule has 8 heteroatoms. The van der Waals surface area contributed by atoms with Crippen molar-refractivity contribution in [3.8, 4) is 11.4 Å². The maximum absolute atomic E-state index is 13.8. The minimum absolute atomic E-state index is 0.00241. The van der Waals surface area contributed by atoms with Gasteiger partial charge in [-0.3, -0.25) is 9.78 Å². The number of halogens is 2. The Bertz CT molecular complexity index is 933. The van der Waals surface area contributed by atoms with Crippen molar-refractivity contribution < 1.29 is 18.1 Å². The van der Waals surface area contributed by atoms with Crippen LogP contribution in [0.25, 0.3) is 11.4 Å². The lowest BCUT2D eigenvalue weighted by molar-refractivity contribution is 0.0694. The fraction of sp³-hybridized carbons (Fsp3) is 0.263. The van der Waals surface area contributed by atoms with Gasteiger partial charge >= 0.3 is 0 Å². The summed E-state index contributed by atoms with van der Waals surface area (Å²) in [6.07, 6.45) is 4.47. The standard InChI is InChI=1S/C19H16F2N4O2/c20-14-2-1-3-15(21)16(14)19(26)25-10-6-13(7-11-25)18-23-17(24-27-18)12-4-8-22-9-5-12/h1-5,8-9,13H,6-7,10-11H2. The molecular formula is C19H16F2N4O2. The molecule has 1 aliphatic heterocycles. The first kappa shape index (κ1) is 17.3. The monoisotopic (exact) mass is 370 g/mol. The second-order valence-corrected chi connectivity index (χ2v) is 6.36. The molecule has 0 radical (unpaired) electrons. The van der Waals surface area contributed by atoms with E-state index in [-0.39, 0.29) is 5.92 Å². The van der Waals surface area contributed by atoms with E-state index in [4.69, 9.17) is 4.52 Å². The van der Waals surface area contributed by atoms with Gasteiger partial charge < -0.3 is 9.42 Å². The number of likely N-dealkylation sites (tertiary alicyclic amines) is 1. The number of aromatic nitrogens is 3. The zero-order valence-corrected chi connectivity index (χ0v) is 14.3. The highest BCUT2D eigenvalue weighted by Crippen LogP contribution is 2.29. The van der Waals surface area contributed by atoms with Crippen molar-refractivity contribution >= 4 is 5.91 Å². The Labute approximate surface area is 153 Å². The zero-order valence-electron chi connectivity index (χ0n) is 14.3. The Balaban J connectivity index is 1.44. The Morgan fingerprint density at radius 1 is 1.07 bits per heavy atom. The number of benzene rings is 1. The van der Waals surface area contributed by atoms with Crippen LogP contribution in [0.1, 0.15) is 35.0 Å². The highest BCUT2D eigenvalue weighted by molar-refractivity contribution is 5.94. The van der Waals surface area contributed by atoms with E-state index in [9.17, 15) is 13.6 Å². The van der Waals surface area contributed by atoms with Gasteiger partial charge in [-0.15, -0.1) is 0 Å². The highest BCUT2D eigenvalue weighted by atomic mass is 19.1. The van der Waals surface area contributed by atoms with Gasteiger partial charge in [-0.25, -0.2) is 8.78 Å². The van der Waals surface area contributed by atoms with Crippen molar-refractivity contribution in [1.82, 2.24) is 20.0 Å². The lowest BCUT2D eigenvalue weighted by atomic mass is 9.96. The van der Waals surface area contributed by atoms with Crippen LogP contribution in [0.4, 0.5) is 8.78 Å². The first-order valence-corrected chi connectivity index (χ1v) is 8.61. The summed E-state index contributed by atoms with van der Waals surface area (Å²) in [5.41, 5.74) is 0.302. The second kappa shape index (κ2) is 7.22. The van der Waals surface area contributed by atoms with Crippen LogP contribution in [-0.2, 0) is 0 Å². The first-order valence-electron chi connectivity index (χ1n) is 8.61. The number of piperidine rings is 1. The van der Waals surface area contributed by atoms with Gasteiger partial charge in [-0.2, -0.15) is 4.98 Å². The van der Waals surface area contributed by atoms with Crippen LogP contribution in [0.2, 0.25) is 0 Å². The third-order valence-corrected chi connectivity index (χ3v) is 4.69. The summed E-state index contributed by atoms with van der Waals surface area (Å²) in [6.45, 7) is 0.731. The van der Waals surface area contributed by atoms with Crippen molar-refractivity contribution in [2.75, 3.05) is 13.1 Å². The Morgan fingerprint density at radius 2 is 1.74 bits per heavy atom. The average Bonchev–Trinajstić information content (AvgIpc) is 3.19. The summed E-state index contributed by atoms with van der Waals surface area (Å²) in [5, 5.41) is 3.99. The largest absolute Gasteiger partial charge is 0.339 e. The molecule has 4 rings (SSSR count). The number of nitrogens with zero attached hydrogens (tertiary/aromatic N) is 4. The summed E-state index contributed by atoms with van der Waals surface area (Å²) in [6, 6.07) is 6.99. The molecule has 2 aromatic heterocycles. The molecule has 1 aromatic carbocycles. The molecule has 1 amide bonds. The molecular weight excluding hydrogens is 354 g/mol. The molecule has 1 fully saturated rings. The van der Waals surface area contributed by atoms with E-state index < -0.39 is 23.1 Å². The molecule has 6 nitrogen and oxygen atoms in total. The number of amides is 1. The molecule has 3 heterocycles. The van der Waals surface area contributed by atoms with Crippen LogP contribution in [0.15, 0.2) is 47.2 Å². The number of carbonyl (C=O) groups excluding carboxylic acids is 1. The third kappa shape index (κ3) is 3.42. The van der Waals surface area contributed by atoms with Gasteiger partial charge in [0.25, 0.3) is 5.91 Å². The van der Waals surface area contributed by atoms with Crippen LogP contribution in [-0.4, -0.2) is 39.0 Å². The minimum atomic E-state index is -0.846. The van der Waals surface area contributed by atoms with Crippen molar-refractivity contribution in [3.63, 3.8) is 0 Å². The van der Waals surface area contributed by atoms with Gasteiger partial charge in [0.2, 0.25) is 11.7 Å². The maximum atomic E-state index is 13.8. The number of hydrogen-bond acceptors (Lipinski definition) is 5. The molecule has 0 N–H and O–H groups in total. The highest BCUT2D eigenvalue weighted by Gasteiger charge is 2.30. The molecule has 0 bridgehead atoms. The lowest BCUT2D eigenvalue weighted by Gasteiger charge is -2.30. The summed E-state index contributed by atoms with van der Waals surface area (Å²) < 4.78 is 33.0. The number of pyridine rings is 1. The Hall–Kier alpha value is -3.16. The normalized spacial score (nSPS) is 15.1. The summed E-state index contributed by atoms with van der Waals surface area (Å²) >= 11 is 0. The van der Waals surface area contributed by atoms with Gasteiger partial charge in [0.15, 0.2) is 0 Å². The average molecular weight is 370 g/mol. The molecule has 1 aliphatic rings. The quantitative estimate of drug-likeness (QED) is 0.706. The minimum Gasteiger partial charge on any atom is -0.339 e. The summed E-state index contributed by atoms with van der Waals surface area (Å²) in [7, 11) is 0. The van der Waals surface area contributed by atoms with Crippen LogP contribution in [0.5, 0.6) is 0 Å². The van der Waals surface area contributed by atoms with E-state index in [1.807, 2.05) is 0 Å². The van der Waals surface area contributed by atoms with Gasteiger partial charge in [-0.05, 0) is 37.1 Å². The fourth-order valence-electron chi connectivity index (χ4n) is 3.21. The number of carbonyl (C=O) groups is 1. The summed E-state index contributed by atoms with van der Waals surface area (Å²) in [5.74, 6) is -1.33. The Kier molecular flexibility index (Phi) is 4.62. The molecule has 0 aliphatic carbocycles. The molecule has 1 saturated heterocycles. The predicted molar refractivity (Wildman–Crippen MR) is 91.8 cm³/mol. The van der Waals surface area contributed by atoms with Gasteiger partial charge in [0, 0.05) is 37.0 Å². The first-order chi connectivity index (χ1) is 13.1. The van der Waals surface area contributed by atoms with Gasteiger partial charge in [-0.1, -0.05) is 11.2 Å². The van der Waals surface area contributed by atoms with E-state index in [2.05, 4.69) is 15.1 Å². The molecule has 0 spiro atoms. The summed E-state index contributed by atoms with van der Waals surface area (Å²) in [4.78, 5) is 22.3. The van der Waals surface area contributed by atoms with Crippen molar-refractivity contribution in [2.24, 2.45) is 0 Å². The van der Waals surface area contributed by atoms with Gasteiger partial charge in [0.05, 0.1) is 0 Å². The van der Waals surface area contributed by atoms with E-state index in [0.29, 0.717) is 37.6 Å². The fourth-order valence-corrected chi connectivity index (χ4v) is 3.21. The SMILES string of the molecule is O=C(c1c(F)cccc1F)N1CCC(c2nc(-c3ccncc3)no2)CC1. The molecule has 138 valence electrons. The second-order valence-electron chi connectivity index (χ2n) is 6.36. The molecule has 3 aromatic rings. The lowest BCUT2D eigenvalue weighted by Crippen LogP contribution is -2.38. The third-order valence-electron chi connectivity index (χ3n) is 4.69. The van der Waals surface area contributed by atoms with E-state index in [1.54, 1.807) is 24.5 Å². The van der Waals surface area contributed by atoms with Crippen LogP contribution in [0, 0.1) is 11.6 Å². The molecule has 0 saturated carbocycles. The maximum Gasteiger partial charge on any atom is 0.259 e. The van der Waals surface area contributed by atoms with E-state index >= 15 is 0 Å². The van der Waals surface area contributed by atoms with Crippen molar-refractivity contribution in [1.29, 1.82) is 0 Å². The van der Waals surface area contributed by atoms with Crippen LogP contribution >= 0.6 is 0 Å². The molecule has 0 unspecified atom stereocenters. The van der Waals surface area contributed by atoms with Crippen LogP contribution in [0.3, 0.4) is 0 Å². The molecule has 0 atom stereocenters. The molecule has 27 heavy (non-hydrogen) atoms.